The van der Waals surface area contributed by atoms with Gasteiger partial charge in [0.1, 0.15) is 5.75 Å². The lowest BCUT2D eigenvalue weighted by Gasteiger charge is -2.09. The number of para-hydroxylation sites is 1. The predicted molar refractivity (Wildman–Crippen MR) is 103 cm³/mol. The number of hydrogen-bond acceptors (Lipinski definition) is 4. The van der Waals surface area contributed by atoms with Crippen LogP contribution >= 0.6 is 28.3 Å². The molecular formula is C18H17BrF2N2O2S. The highest BCUT2D eigenvalue weighted by Gasteiger charge is 2.09. The predicted octanol–water partition coefficient (Wildman–Crippen LogP) is 4.62. The molecule has 8 heteroatoms. The second-order valence-electron chi connectivity index (χ2n) is 5.13. The van der Waals surface area contributed by atoms with Crippen LogP contribution in [0.3, 0.4) is 0 Å². The van der Waals surface area contributed by atoms with Gasteiger partial charge < -0.3 is 14.4 Å². The van der Waals surface area contributed by atoms with Crippen molar-refractivity contribution in [1.29, 1.82) is 0 Å². The minimum Gasteiger partial charge on any atom is -0.435 e. The Morgan fingerprint density at radius 3 is 2.38 bits per heavy atom. The third-order valence-corrected chi connectivity index (χ3v) is 4.34. The Balaban J connectivity index is 0.00000243. The topological polar surface area (TPSA) is 46.8 Å². The van der Waals surface area contributed by atoms with Gasteiger partial charge in [-0.05, 0) is 42.0 Å². The monoisotopic (exact) mass is 442 g/mol. The average molecular weight is 443 g/mol. The number of hydrogen-bond donors (Lipinski definition) is 1. The van der Waals surface area contributed by atoms with E-state index in [1.54, 1.807) is 12.1 Å². The summed E-state index contributed by atoms with van der Waals surface area (Å²) in [5.41, 5.74) is 2.52. The number of ether oxygens (including phenoxy) is 1. The van der Waals surface area contributed by atoms with Gasteiger partial charge in [0, 0.05) is 11.9 Å². The van der Waals surface area contributed by atoms with E-state index in [4.69, 9.17) is 0 Å². The van der Waals surface area contributed by atoms with Gasteiger partial charge in [-0.2, -0.15) is 8.78 Å². The lowest BCUT2D eigenvalue weighted by Crippen LogP contribution is -2.17. The van der Waals surface area contributed by atoms with Gasteiger partial charge in [-0.3, -0.25) is 0 Å². The van der Waals surface area contributed by atoms with E-state index < -0.39 is 6.61 Å². The number of rotatable bonds is 6. The molecule has 1 heterocycles. The summed E-state index contributed by atoms with van der Waals surface area (Å²) in [7, 11) is 0. The number of nitrogens with zero attached hydrogens (tertiary/aromatic N) is 2. The second kappa shape index (κ2) is 9.61. The fourth-order valence-corrected chi connectivity index (χ4v) is 3.34. The van der Waals surface area contributed by atoms with E-state index in [0.29, 0.717) is 6.54 Å². The van der Waals surface area contributed by atoms with Crippen LogP contribution < -0.4 is 9.54 Å². The minimum absolute atomic E-state index is 0. The van der Waals surface area contributed by atoms with Crippen LogP contribution in [0.1, 0.15) is 0 Å². The average Bonchev–Trinajstić information content (AvgIpc) is 2.99. The molecule has 0 aliphatic heterocycles. The van der Waals surface area contributed by atoms with E-state index in [-0.39, 0.29) is 29.3 Å². The lowest BCUT2D eigenvalue weighted by atomic mass is 10.1. The maximum Gasteiger partial charge on any atom is 0.387 e. The number of aliphatic hydroxyl groups excluding tert-OH is 1. The zero-order valence-electron chi connectivity index (χ0n) is 13.6. The van der Waals surface area contributed by atoms with Crippen molar-refractivity contribution in [2.75, 3.05) is 6.61 Å². The summed E-state index contributed by atoms with van der Waals surface area (Å²) in [4.78, 5) is 5.36. The quantitative estimate of drug-likeness (QED) is 0.605. The van der Waals surface area contributed by atoms with Crippen LogP contribution in [0.5, 0.6) is 5.75 Å². The standard InChI is InChI=1S/C18H16F2N2O2S.BrH/c19-17(20)24-15-8-6-13(7-9-15)16-12-25-18(22(16)10-11-23)21-14-4-2-1-3-5-14;/h1-9,12,17,23H,10-11H2;1H. The number of aliphatic hydroxyl groups is 1. The molecule has 3 rings (SSSR count). The Labute approximate surface area is 163 Å². The highest BCUT2D eigenvalue weighted by molar-refractivity contribution is 8.93. The van der Waals surface area contributed by atoms with E-state index in [9.17, 15) is 13.9 Å². The van der Waals surface area contributed by atoms with Gasteiger partial charge in [-0.25, -0.2) is 4.99 Å². The third kappa shape index (κ3) is 5.00. The Bertz CT molecular complexity index is 880. The molecule has 4 nitrogen and oxygen atoms in total. The summed E-state index contributed by atoms with van der Waals surface area (Å²) in [6.07, 6.45) is 0. The van der Waals surface area contributed by atoms with E-state index in [1.165, 1.54) is 23.5 Å². The molecule has 0 aliphatic rings. The summed E-state index contributed by atoms with van der Waals surface area (Å²) in [6.45, 7) is -2.49. The zero-order chi connectivity index (χ0) is 17.6. The van der Waals surface area contributed by atoms with E-state index in [0.717, 1.165) is 21.7 Å². The SMILES string of the molecule is Br.OCCn1c(-c2ccc(OC(F)F)cc2)csc1=Nc1ccccc1. The minimum atomic E-state index is -2.84. The molecule has 0 saturated carbocycles. The van der Waals surface area contributed by atoms with Crippen molar-refractivity contribution in [2.45, 2.75) is 13.2 Å². The van der Waals surface area contributed by atoms with Gasteiger partial charge in [0.2, 0.25) is 0 Å². The molecule has 0 atom stereocenters. The van der Waals surface area contributed by atoms with Crippen molar-refractivity contribution >= 4 is 34.0 Å². The van der Waals surface area contributed by atoms with Crippen molar-refractivity contribution in [3.63, 3.8) is 0 Å². The molecule has 0 saturated heterocycles. The fourth-order valence-electron chi connectivity index (χ4n) is 2.39. The van der Waals surface area contributed by atoms with Crippen LogP contribution in [0.25, 0.3) is 11.3 Å². The second-order valence-corrected chi connectivity index (χ2v) is 5.97. The first-order valence-corrected chi connectivity index (χ1v) is 8.49. The van der Waals surface area contributed by atoms with Crippen LogP contribution in [0.2, 0.25) is 0 Å². The van der Waals surface area contributed by atoms with Gasteiger partial charge in [-0.15, -0.1) is 28.3 Å². The molecule has 26 heavy (non-hydrogen) atoms. The highest BCUT2D eigenvalue weighted by Crippen LogP contribution is 2.24. The number of benzene rings is 2. The number of thiazole rings is 1. The zero-order valence-corrected chi connectivity index (χ0v) is 16.1. The first-order valence-electron chi connectivity index (χ1n) is 7.61. The van der Waals surface area contributed by atoms with Crippen molar-refractivity contribution in [1.82, 2.24) is 4.57 Å². The van der Waals surface area contributed by atoms with E-state index >= 15 is 0 Å². The number of aromatic nitrogens is 1. The van der Waals surface area contributed by atoms with Gasteiger partial charge >= 0.3 is 6.61 Å². The number of alkyl halides is 2. The summed E-state index contributed by atoms with van der Waals surface area (Å²) in [5, 5.41) is 11.3. The Kier molecular flexibility index (Phi) is 7.50. The molecule has 0 spiro atoms. The Morgan fingerprint density at radius 1 is 1.08 bits per heavy atom. The Hall–Kier alpha value is -2.03. The van der Waals surface area contributed by atoms with Crippen LogP contribution in [0, 0.1) is 0 Å². The Morgan fingerprint density at radius 2 is 1.77 bits per heavy atom. The normalized spacial score (nSPS) is 11.5. The largest absolute Gasteiger partial charge is 0.435 e. The molecule has 1 N–H and O–H groups in total. The molecule has 138 valence electrons. The summed E-state index contributed by atoms with van der Waals surface area (Å²) >= 11 is 1.45. The van der Waals surface area contributed by atoms with Crippen LogP contribution in [-0.4, -0.2) is 22.9 Å². The molecule has 0 radical (unpaired) electrons. The van der Waals surface area contributed by atoms with Gasteiger partial charge in [0.05, 0.1) is 18.0 Å². The fraction of sp³-hybridized carbons (Fsp3) is 0.167. The van der Waals surface area contributed by atoms with Crippen molar-refractivity contribution in [2.24, 2.45) is 4.99 Å². The molecule has 1 aromatic heterocycles. The maximum atomic E-state index is 12.3. The maximum absolute atomic E-state index is 12.3. The highest BCUT2D eigenvalue weighted by atomic mass is 79.9. The molecule has 2 aromatic carbocycles. The van der Waals surface area contributed by atoms with Crippen LogP contribution in [-0.2, 0) is 6.54 Å². The van der Waals surface area contributed by atoms with Crippen molar-refractivity contribution in [3.05, 3.63) is 64.8 Å². The van der Waals surface area contributed by atoms with Crippen molar-refractivity contribution < 1.29 is 18.6 Å². The molecule has 0 aliphatic carbocycles. The van der Waals surface area contributed by atoms with Crippen LogP contribution in [0.4, 0.5) is 14.5 Å². The van der Waals surface area contributed by atoms with Crippen molar-refractivity contribution in [3.8, 4) is 17.0 Å². The number of halogens is 3. The summed E-state index contributed by atoms with van der Waals surface area (Å²) in [5.74, 6) is 0.108. The van der Waals surface area contributed by atoms with E-state index in [1.807, 2.05) is 40.3 Å². The van der Waals surface area contributed by atoms with Crippen LogP contribution in [0.15, 0.2) is 65.0 Å². The molecule has 0 fully saturated rings. The summed E-state index contributed by atoms with van der Waals surface area (Å²) in [6, 6.07) is 16.0. The van der Waals surface area contributed by atoms with Gasteiger partial charge in [-0.1, -0.05) is 18.2 Å². The van der Waals surface area contributed by atoms with Gasteiger partial charge in [0.25, 0.3) is 0 Å². The third-order valence-electron chi connectivity index (χ3n) is 3.48. The molecular weight excluding hydrogens is 426 g/mol. The van der Waals surface area contributed by atoms with Gasteiger partial charge in [0.15, 0.2) is 4.80 Å². The molecule has 0 amide bonds. The lowest BCUT2D eigenvalue weighted by molar-refractivity contribution is -0.0498. The first-order chi connectivity index (χ1) is 12.2. The van der Waals surface area contributed by atoms with E-state index in [2.05, 4.69) is 9.73 Å². The molecule has 3 aromatic rings. The smallest absolute Gasteiger partial charge is 0.387 e. The first kappa shape index (κ1) is 20.3. The molecule has 0 bridgehead atoms. The molecule has 0 unspecified atom stereocenters. The summed E-state index contributed by atoms with van der Waals surface area (Å²) < 4.78 is 30.8.